The van der Waals surface area contributed by atoms with Crippen LogP contribution >= 0.6 is 11.3 Å². The summed E-state index contributed by atoms with van der Waals surface area (Å²) >= 11 is 1.43. The third-order valence-electron chi connectivity index (χ3n) is 4.37. The first-order valence-corrected chi connectivity index (χ1v) is 9.42. The van der Waals surface area contributed by atoms with E-state index in [0.717, 1.165) is 29.1 Å². The number of aryl methyl sites for hydroxylation is 1. The molecule has 1 N–H and O–H groups in total. The Labute approximate surface area is 151 Å². The van der Waals surface area contributed by atoms with Crippen molar-refractivity contribution >= 4 is 17.2 Å². The summed E-state index contributed by atoms with van der Waals surface area (Å²) in [6, 6.07) is 5.96. The predicted molar refractivity (Wildman–Crippen MR) is 96.5 cm³/mol. The molecule has 4 nitrogen and oxygen atoms in total. The van der Waals surface area contributed by atoms with Gasteiger partial charge in [0, 0.05) is 12.5 Å². The van der Waals surface area contributed by atoms with Crippen LogP contribution in [0, 0.1) is 12.7 Å². The van der Waals surface area contributed by atoms with E-state index in [2.05, 4.69) is 24.1 Å². The Morgan fingerprint density at radius 2 is 2.08 bits per heavy atom. The molecule has 3 rings (SSSR count). The normalized spacial score (nSPS) is 18.5. The molecule has 2 unspecified atom stereocenters. The summed E-state index contributed by atoms with van der Waals surface area (Å²) in [4.78, 5) is 18.0. The first-order valence-electron chi connectivity index (χ1n) is 8.61. The molecule has 6 heteroatoms. The number of benzene rings is 1. The Kier molecular flexibility index (Phi) is 5.49. The van der Waals surface area contributed by atoms with Crippen molar-refractivity contribution in [2.24, 2.45) is 0 Å². The average molecular weight is 362 g/mol. The zero-order valence-corrected chi connectivity index (χ0v) is 15.5. The van der Waals surface area contributed by atoms with Crippen LogP contribution in [0.2, 0.25) is 0 Å². The van der Waals surface area contributed by atoms with Crippen LogP contribution < -0.4 is 5.32 Å². The lowest BCUT2D eigenvalue weighted by atomic mass is 9.99. The number of ether oxygens (including phenoxy) is 1. The number of hydrogen-bond donors (Lipinski definition) is 1. The molecule has 0 saturated carbocycles. The number of hydrogen-bond acceptors (Lipinski definition) is 4. The molecule has 0 bridgehead atoms. The largest absolute Gasteiger partial charge is 0.376 e. The molecule has 1 amide bonds. The Hall–Kier alpha value is -1.79. The first kappa shape index (κ1) is 18.0. The van der Waals surface area contributed by atoms with Crippen LogP contribution in [0.5, 0.6) is 0 Å². The van der Waals surface area contributed by atoms with Gasteiger partial charge in [0.05, 0.1) is 22.8 Å². The van der Waals surface area contributed by atoms with Gasteiger partial charge in [0.15, 0.2) is 0 Å². The number of nitrogens with one attached hydrogen (secondary N) is 1. The molecule has 134 valence electrons. The van der Waals surface area contributed by atoms with E-state index in [9.17, 15) is 9.18 Å². The molecule has 1 aliphatic rings. The Bertz CT molecular complexity index is 736. The number of aromatic nitrogens is 1. The summed E-state index contributed by atoms with van der Waals surface area (Å²) in [6.07, 6.45) is 1.75. The molecule has 25 heavy (non-hydrogen) atoms. The molecule has 2 aromatic rings. The molecule has 1 aromatic carbocycles. The lowest BCUT2D eigenvalue weighted by molar-refractivity contribution is 0.0674. The van der Waals surface area contributed by atoms with E-state index in [-0.39, 0.29) is 29.8 Å². The monoisotopic (exact) mass is 362 g/mol. The van der Waals surface area contributed by atoms with Crippen molar-refractivity contribution in [3.05, 3.63) is 51.2 Å². The second kappa shape index (κ2) is 7.62. The highest BCUT2D eigenvalue weighted by molar-refractivity contribution is 7.13. The number of thiazole rings is 1. The maximum Gasteiger partial charge on any atom is 0.263 e. The summed E-state index contributed by atoms with van der Waals surface area (Å²) in [5.74, 6) is -0.149. The van der Waals surface area contributed by atoms with Crippen molar-refractivity contribution < 1.29 is 13.9 Å². The Morgan fingerprint density at radius 3 is 2.64 bits per heavy atom. The van der Waals surface area contributed by atoms with Gasteiger partial charge < -0.3 is 10.1 Å². The van der Waals surface area contributed by atoms with Gasteiger partial charge in [0.1, 0.15) is 10.7 Å². The van der Waals surface area contributed by atoms with Gasteiger partial charge in [-0.25, -0.2) is 9.37 Å². The number of carbonyl (C=O) groups is 1. The first-order chi connectivity index (χ1) is 12.0. The van der Waals surface area contributed by atoms with Gasteiger partial charge in [-0.05, 0) is 37.5 Å². The maximum atomic E-state index is 13.3. The zero-order chi connectivity index (χ0) is 18.0. The van der Waals surface area contributed by atoms with Crippen LogP contribution in [0.4, 0.5) is 4.39 Å². The number of amides is 1. The highest BCUT2D eigenvalue weighted by Crippen LogP contribution is 2.29. The summed E-state index contributed by atoms with van der Waals surface area (Å²) in [7, 11) is 0. The lowest BCUT2D eigenvalue weighted by Crippen LogP contribution is -2.36. The van der Waals surface area contributed by atoms with Crippen LogP contribution in [0.3, 0.4) is 0 Å². The fourth-order valence-corrected chi connectivity index (χ4v) is 3.98. The summed E-state index contributed by atoms with van der Waals surface area (Å²) < 4.78 is 19.1. The molecule has 0 aliphatic carbocycles. The fourth-order valence-electron chi connectivity index (χ4n) is 3.01. The van der Waals surface area contributed by atoms with Gasteiger partial charge in [-0.3, -0.25) is 4.79 Å². The number of rotatable bonds is 5. The molecule has 2 heterocycles. The minimum Gasteiger partial charge on any atom is -0.376 e. The average Bonchev–Trinajstić information content (AvgIpc) is 3.23. The van der Waals surface area contributed by atoms with E-state index in [1.165, 1.54) is 23.5 Å². The van der Waals surface area contributed by atoms with Gasteiger partial charge >= 0.3 is 0 Å². The van der Waals surface area contributed by atoms with Gasteiger partial charge in [0.25, 0.3) is 5.91 Å². The van der Waals surface area contributed by atoms with Crippen molar-refractivity contribution in [2.75, 3.05) is 6.61 Å². The molecule has 1 fully saturated rings. The van der Waals surface area contributed by atoms with Crippen LogP contribution in [-0.4, -0.2) is 23.6 Å². The second-order valence-corrected chi connectivity index (χ2v) is 7.71. The van der Waals surface area contributed by atoms with Gasteiger partial charge in [-0.1, -0.05) is 26.0 Å². The topological polar surface area (TPSA) is 51.2 Å². The van der Waals surface area contributed by atoms with Gasteiger partial charge in [-0.2, -0.15) is 0 Å². The summed E-state index contributed by atoms with van der Waals surface area (Å²) in [6.45, 7) is 6.67. The van der Waals surface area contributed by atoms with E-state index in [4.69, 9.17) is 4.74 Å². The van der Waals surface area contributed by atoms with E-state index < -0.39 is 0 Å². The minimum atomic E-state index is -0.292. The molecule has 0 radical (unpaired) electrons. The predicted octanol–water partition coefficient (Wildman–Crippen LogP) is 4.36. The van der Waals surface area contributed by atoms with Crippen molar-refractivity contribution in [3.63, 3.8) is 0 Å². The number of carbonyl (C=O) groups excluding carboxylic acids is 1. The van der Waals surface area contributed by atoms with E-state index in [1.807, 2.05) is 6.92 Å². The van der Waals surface area contributed by atoms with Gasteiger partial charge in [0.2, 0.25) is 0 Å². The Morgan fingerprint density at radius 1 is 1.36 bits per heavy atom. The molecule has 2 atom stereocenters. The maximum absolute atomic E-state index is 13.3. The molecular weight excluding hydrogens is 339 g/mol. The van der Waals surface area contributed by atoms with E-state index in [0.29, 0.717) is 11.5 Å². The van der Waals surface area contributed by atoms with Crippen molar-refractivity contribution in [1.82, 2.24) is 10.3 Å². The van der Waals surface area contributed by atoms with E-state index >= 15 is 0 Å². The number of nitrogens with zero attached hydrogens (tertiary/aromatic N) is 1. The lowest BCUT2D eigenvalue weighted by Gasteiger charge is -2.24. The quantitative estimate of drug-likeness (QED) is 0.859. The SMILES string of the molecule is Cc1nc(C(C)C)sc1C(=O)NC(c1ccc(F)cc1)C1CCCO1. The Balaban J connectivity index is 1.84. The number of halogens is 1. The molecule has 1 aromatic heterocycles. The van der Waals surface area contributed by atoms with Crippen LogP contribution in [0.1, 0.15) is 64.6 Å². The third-order valence-corrected chi connectivity index (χ3v) is 5.82. The molecule has 1 saturated heterocycles. The van der Waals surface area contributed by atoms with Gasteiger partial charge in [-0.15, -0.1) is 11.3 Å². The zero-order valence-electron chi connectivity index (χ0n) is 14.7. The van der Waals surface area contributed by atoms with Crippen LogP contribution in [-0.2, 0) is 4.74 Å². The minimum absolute atomic E-state index is 0.0905. The molecular formula is C19H23FN2O2S. The highest BCUT2D eigenvalue weighted by atomic mass is 32.1. The summed E-state index contributed by atoms with van der Waals surface area (Å²) in [5, 5.41) is 4.04. The molecule has 1 aliphatic heterocycles. The van der Waals surface area contributed by atoms with Crippen LogP contribution in [0.25, 0.3) is 0 Å². The van der Waals surface area contributed by atoms with E-state index in [1.54, 1.807) is 12.1 Å². The second-order valence-electron chi connectivity index (χ2n) is 6.68. The van der Waals surface area contributed by atoms with Crippen LogP contribution in [0.15, 0.2) is 24.3 Å². The fraction of sp³-hybridized carbons (Fsp3) is 0.474. The highest BCUT2D eigenvalue weighted by Gasteiger charge is 2.30. The van der Waals surface area contributed by atoms with Crippen molar-refractivity contribution in [2.45, 2.75) is 51.7 Å². The molecule has 0 spiro atoms. The van der Waals surface area contributed by atoms with Crippen molar-refractivity contribution in [1.29, 1.82) is 0 Å². The smallest absolute Gasteiger partial charge is 0.263 e. The third kappa shape index (κ3) is 4.07. The van der Waals surface area contributed by atoms with Crippen molar-refractivity contribution in [3.8, 4) is 0 Å². The standard InChI is InChI=1S/C19H23FN2O2S/c1-11(2)19-21-12(3)17(25-19)18(23)22-16(15-5-4-10-24-15)13-6-8-14(20)9-7-13/h6-9,11,15-16H,4-5,10H2,1-3H3,(H,22,23). The summed E-state index contributed by atoms with van der Waals surface area (Å²) in [5.41, 5.74) is 1.60.